The van der Waals surface area contributed by atoms with E-state index in [1.165, 1.54) is 23.2 Å². The molecule has 0 aliphatic heterocycles. The Morgan fingerprint density at radius 3 is 2.57 bits per heavy atom. The van der Waals surface area contributed by atoms with E-state index in [2.05, 4.69) is 15.0 Å². The average molecular weight is 444 g/mol. The van der Waals surface area contributed by atoms with E-state index in [9.17, 15) is 22.8 Å². The minimum Gasteiger partial charge on any atom is -0.404 e. The van der Waals surface area contributed by atoms with Crippen LogP contribution >= 0.6 is 11.6 Å². The molecule has 0 spiro atoms. The van der Waals surface area contributed by atoms with Gasteiger partial charge in [0.05, 0.1) is 10.6 Å². The lowest BCUT2D eigenvalue weighted by atomic mass is 10.1. The van der Waals surface area contributed by atoms with Gasteiger partial charge in [0.15, 0.2) is 0 Å². The van der Waals surface area contributed by atoms with Crippen molar-refractivity contribution in [3.05, 3.63) is 58.9 Å². The van der Waals surface area contributed by atoms with Crippen LogP contribution in [-0.2, 0) is 11.3 Å². The van der Waals surface area contributed by atoms with Gasteiger partial charge in [-0.15, -0.1) is 13.2 Å². The number of hydrogen-bond acceptors (Lipinski definition) is 4. The van der Waals surface area contributed by atoms with Gasteiger partial charge in [0.1, 0.15) is 5.75 Å². The number of pyridine rings is 1. The van der Waals surface area contributed by atoms with Crippen molar-refractivity contribution in [2.75, 3.05) is 13.1 Å². The largest absolute Gasteiger partial charge is 0.573 e. The molecule has 1 aromatic carbocycles. The number of carbonyl (C=O) groups excluding carboxylic acids is 2. The fourth-order valence-corrected chi connectivity index (χ4v) is 2.85. The summed E-state index contributed by atoms with van der Waals surface area (Å²) in [5, 5.41) is 2.50. The molecule has 2 aromatic rings. The van der Waals surface area contributed by atoms with Gasteiger partial charge in [-0.1, -0.05) is 31.5 Å². The molecule has 0 unspecified atom stereocenters. The second-order valence-corrected chi connectivity index (χ2v) is 7.13. The predicted octanol–water partition coefficient (Wildman–Crippen LogP) is 4.05. The van der Waals surface area contributed by atoms with Gasteiger partial charge in [0, 0.05) is 37.9 Å². The van der Waals surface area contributed by atoms with Gasteiger partial charge < -0.3 is 15.0 Å². The number of nitrogens with one attached hydrogen (secondary N) is 1. The van der Waals surface area contributed by atoms with E-state index < -0.39 is 12.1 Å². The number of aromatic nitrogens is 1. The van der Waals surface area contributed by atoms with Crippen LogP contribution in [0.5, 0.6) is 5.75 Å². The van der Waals surface area contributed by atoms with Crippen LogP contribution in [0.2, 0.25) is 5.02 Å². The Balaban J connectivity index is 2.04. The van der Waals surface area contributed by atoms with Crippen molar-refractivity contribution in [1.82, 2.24) is 15.2 Å². The molecule has 0 saturated carbocycles. The number of hydrogen-bond donors (Lipinski definition) is 1. The lowest BCUT2D eigenvalue weighted by molar-refractivity contribution is -0.274. The zero-order valence-electron chi connectivity index (χ0n) is 16.4. The molecule has 0 aliphatic rings. The Kier molecular flexibility index (Phi) is 8.05. The summed E-state index contributed by atoms with van der Waals surface area (Å²) in [6.07, 6.45) is -1.87. The van der Waals surface area contributed by atoms with Gasteiger partial charge in [-0.3, -0.25) is 14.6 Å². The van der Waals surface area contributed by atoms with E-state index in [0.29, 0.717) is 11.1 Å². The zero-order valence-corrected chi connectivity index (χ0v) is 17.1. The molecule has 0 saturated heterocycles. The first-order valence-corrected chi connectivity index (χ1v) is 9.46. The maximum atomic E-state index is 12.5. The van der Waals surface area contributed by atoms with Crippen molar-refractivity contribution < 1.29 is 27.5 Å². The Bertz CT molecular complexity index is 877. The van der Waals surface area contributed by atoms with E-state index in [1.807, 2.05) is 0 Å². The summed E-state index contributed by atoms with van der Waals surface area (Å²) in [6.45, 7) is 3.98. The normalized spacial score (nSPS) is 11.3. The maximum Gasteiger partial charge on any atom is 0.573 e. The van der Waals surface area contributed by atoms with Crippen molar-refractivity contribution in [3.63, 3.8) is 0 Å². The Morgan fingerprint density at radius 2 is 2.00 bits per heavy atom. The molecule has 1 heterocycles. The zero-order chi connectivity index (χ0) is 22.3. The van der Waals surface area contributed by atoms with E-state index in [-0.39, 0.29) is 42.4 Å². The van der Waals surface area contributed by atoms with Crippen LogP contribution < -0.4 is 10.1 Å². The Hall–Kier alpha value is -2.81. The molecule has 2 amide bonds. The molecule has 30 heavy (non-hydrogen) atoms. The Morgan fingerprint density at radius 1 is 1.27 bits per heavy atom. The van der Waals surface area contributed by atoms with Gasteiger partial charge >= 0.3 is 6.36 Å². The number of alkyl halides is 3. The standard InChI is InChI=1S/C20H21ClF3N3O3/c1-13(2)19(29)27(9-8-26-18(28)15-4-3-7-25-11-15)12-14-5-6-17(16(21)10-14)30-20(22,23)24/h3-7,10-11,13H,8-9,12H2,1-2H3,(H,26,28). The summed E-state index contributed by atoms with van der Waals surface area (Å²) >= 11 is 5.88. The molecular formula is C20H21ClF3N3O3. The van der Waals surface area contributed by atoms with Crippen LogP contribution in [0, 0.1) is 5.92 Å². The van der Waals surface area contributed by atoms with E-state index >= 15 is 0 Å². The highest BCUT2D eigenvalue weighted by Crippen LogP contribution is 2.31. The first-order chi connectivity index (χ1) is 14.1. The maximum absolute atomic E-state index is 12.5. The lowest BCUT2D eigenvalue weighted by Gasteiger charge is -2.25. The van der Waals surface area contributed by atoms with Crippen LogP contribution in [-0.4, -0.2) is 41.2 Å². The molecule has 162 valence electrons. The van der Waals surface area contributed by atoms with Crippen LogP contribution in [0.3, 0.4) is 0 Å². The number of halogens is 4. The van der Waals surface area contributed by atoms with E-state index in [0.717, 1.165) is 6.07 Å². The highest BCUT2D eigenvalue weighted by molar-refractivity contribution is 6.32. The summed E-state index contributed by atoms with van der Waals surface area (Å²) in [5.74, 6) is -1.31. The third-order valence-corrected chi connectivity index (χ3v) is 4.29. The Labute approximate surface area is 177 Å². The summed E-state index contributed by atoms with van der Waals surface area (Å²) in [5.41, 5.74) is 0.924. The van der Waals surface area contributed by atoms with E-state index in [1.54, 1.807) is 32.2 Å². The third kappa shape index (κ3) is 7.22. The van der Waals surface area contributed by atoms with Crippen molar-refractivity contribution in [2.45, 2.75) is 26.8 Å². The minimum absolute atomic E-state index is 0.117. The molecular weight excluding hydrogens is 423 g/mol. The summed E-state index contributed by atoms with van der Waals surface area (Å²) in [7, 11) is 0. The van der Waals surface area contributed by atoms with Gasteiger partial charge in [0.25, 0.3) is 5.91 Å². The molecule has 1 aromatic heterocycles. The SMILES string of the molecule is CC(C)C(=O)N(CCNC(=O)c1cccnc1)Cc1ccc(OC(F)(F)F)c(Cl)c1. The second kappa shape index (κ2) is 10.3. The third-order valence-electron chi connectivity index (χ3n) is 3.99. The quantitative estimate of drug-likeness (QED) is 0.668. The summed E-state index contributed by atoms with van der Waals surface area (Å²) in [6, 6.07) is 7.08. The molecule has 0 atom stereocenters. The molecule has 6 nitrogen and oxygen atoms in total. The monoisotopic (exact) mass is 443 g/mol. The van der Waals surface area contributed by atoms with Crippen molar-refractivity contribution in [3.8, 4) is 5.75 Å². The fourth-order valence-electron chi connectivity index (χ4n) is 2.61. The number of nitrogens with zero attached hydrogens (tertiary/aromatic N) is 2. The molecule has 0 radical (unpaired) electrons. The summed E-state index contributed by atoms with van der Waals surface area (Å²) in [4.78, 5) is 30.0. The van der Waals surface area contributed by atoms with Gasteiger partial charge in [-0.05, 0) is 29.8 Å². The number of ether oxygens (including phenoxy) is 1. The van der Waals surface area contributed by atoms with Crippen molar-refractivity contribution in [2.24, 2.45) is 5.92 Å². The average Bonchev–Trinajstić information content (AvgIpc) is 2.68. The predicted molar refractivity (Wildman–Crippen MR) is 105 cm³/mol. The van der Waals surface area contributed by atoms with Gasteiger partial charge in [-0.25, -0.2) is 0 Å². The van der Waals surface area contributed by atoms with E-state index in [4.69, 9.17) is 11.6 Å². The van der Waals surface area contributed by atoms with Gasteiger partial charge in [-0.2, -0.15) is 0 Å². The van der Waals surface area contributed by atoms with Crippen molar-refractivity contribution in [1.29, 1.82) is 0 Å². The van der Waals surface area contributed by atoms with Crippen LogP contribution in [0.25, 0.3) is 0 Å². The lowest BCUT2D eigenvalue weighted by Crippen LogP contribution is -2.40. The topological polar surface area (TPSA) is 71.5 Å². The number of amides is 2. The van der Waals surface area contributed by atoms with Crippen molar-refractivity contribution >= 4 is 23.4 Å². The molecule has 2 rings (SSSR count). The molecule has 1 N–H and O–H groups in total. The highest BCUT2D eigenvalue weighted by atomic mass is 35.5. The first kappa shape index (κ1) is 23.5. The number of rotatable bonds is 8. The van der Waals surface area contributed by atoms with Crippen LogP contribution in [0.15, 0.2) is 42.7 Å². The van der Waals surface area contributed by atoms with Gasteiger partial charge in [0.2, 0.25) is 5.91 Å². The van der Waals surface area contributed by atoms with Crippen LogP contribution in [0.1, 0.15) is 29.8 Å². The molecule has 0 bridgehead atoms. The minimum atomic E-state index is -4.85. The smallest absolute Gasteiger partial charge is 0.404 e. The first-order valence-electron chi connectivity index (χ1n) is 9.08. The number of carbonyl (C=O) groups is 2. The molecule has 0 fully saturated rings. The fraction of sp³-hybridized carbons (Fsp3) is 0.350. The van der Waals surface area contributed by atoms with Crippen LogP contribution in [0.4, 0.5) is 13.2 Å². The second-order valence-electron chi connectivity index (χ2n) is 6.72. The molecule has 0 aliphatic carbocycles. The highest BCUT2D eigenvalue weighted by Gasteiger charge is 2.32. The number of benzene rings is 1. The summed E-state index contributed by atoms with van der Waals surface area (Å²) < 4.78 is 41.0. The molecule has 10 heteroatoms.